The molecule has 6 aromatic heterocycles. The molecule has 3 aliphatic rings. The molecule has 0 spiro atoms. The van der Waals surface area contributed by atoms with Crippen LogP contribution in [0.1, 0.15) is 160 Å². The van der Waals surface area contributed by atoms with Gasteiger partial charge in [-0.05, 0) is 229 Å². The number of carboxylic acids is 3. The summed E-state index contributed by atoms with van der Waals surface area (Å²) in [5.74, 6) is -3.68. The molecule has 6 heterocycles. The SMILES string of the molecule is Cc1c(C2CCC(NC(=O)c3ccc4cccnc4c3)CC2)c2cc(F)ccc2n1CC(=O)O.Cc1c(C2CCC(NC(=O)c3cccc4cccnc34)CC2)c2cc(F)ccc2n1CC(=O)O.Cc1c(C2CCC(NC(=O)c3cnc4ccccc4n3)CC2)c2cc(F)ccc2n1CC(=O)O. The topological polar surface area (TPSA) is 266 Å². The zero-order chi connectivity index (χ0) is 71.5. The van der Waals surface area contributed by atoms with Gasteiger partial charge in [0.1, 0.15) is 42.8 Å². The summed E-state index contributed by atoms with van der Waals surface area (Å²) >= 11 is 0. The van der Waals surface area contributed by atoms with Crippen molar-refractivity contribution >= 4 is 101 Å². The molecule has 3 aliphatic carbocycles. The highest BCUT2D eigenvalue weighted by molar-refractivity contribution is 6.05. The molecule has 522 valence electrons. The Balaban J connectivity index is 0.000000137. The first-order valence-corrected chi connectivity index (χ1v) is 34.6. The van der Waals surface area contributed by atoms with Crippen molar-refractivity contribution in [2.75, 3.05) is 0 Å². The lowest BCUT2D eigenvalue weighted by atomic mass is 9.80. The molecule has 19 nitrogen and oxygen atoms in total. The number of fused-ring (bicyclic) bond motifs is 6. The smallest absolute Gasteiger partial charge is 0.323 e. The Bertz CT molecular complexity index is 5010. The number of carbonyl (C=O) groups is 6. The van der Waals surface area contributed by atoms with E-state index in [0.29, 0.717) is 27.9 Å². The van der Waals surface area contributed by atoms with Gasteiger partial charge in [0.2, 0.25) is 0 Å². The van der Waals surface area contributed by atoms with Crippen LogP contribution < -0.4 is 16.0 Å². The molecular formula is C80H77F3N10O9. The van der Waals surface area contributed by atoms with Gasteiger partial charge in [0.25, 0.3) is 17.7 Å². The molecule has 0 atom stereocenters. The third kappa shape index (κ3) is 14.8. The molecular weight excluding hydrogens is 1300 g/mol. The molecule has 6 N–H and O–H groups in total. The van der Waals surface area contributed by atoms with E-state index in [9.17, 15) is 57.3 Å². The summed E-state index contributed by atoms with van der Waals surface area (Å²) in [6, 6.07) is 39.9. The van der Waals surface area contributed by atoms with E-state index in [-0.39, 0.29) is 90.7 Å². The minimum Gasteiger partial charge on any atom is -0.480 e. The van der Waals surface area contributed by atoms with Crippen LogP contribution >= 0.6 is 0 Å². The fraction of sp³-hybridized carbons (Fsp3) is 0.300. The number of aromatic nitrogens is 7. The van der Waals surface area contributed by atoms with Crippen LogP contribution in [-0.4, -0.2) is 103 Å². The van der Waals surface area contributed by atoms with E-state index in [1.54, 1.807) is 50.4 Å². The van der Waals surface area contributed by atoms with Gasteiger partial charge in [0, 0.05) is 96.6 Å². The molecule has 3 fully saturated rings. The maximum atomic E-state index is 14.1. The molecule has 0 aliphatic heterocycles. The molecule has 0 bridgehead atoms. The second-order valence-electron chi connectivity index (χ2n) is 27.0. The quantitative estimate of drug-likeness (QED) is 0.0558. The lowest BCUT2D eigenvalue weighted by Crippen LogP contribution is -2.37. The van der Waals surface area contributed by atoms with Gasteiger partial charge in [-0.25, -0.2) is 18.2 Å². The molecule has 12 aromatic rings. The van der Waals surface area contributed by atoms with Crippen LogP contribution in [0.5, 0.6) is 0 Å². The Morgan fingerprint density at radius 2 is 0.843 bits per heavy atom. The number of pyridine rings is 2. The normalized spacial score (nSPS) is 18.3. The number of carbonyl (C=O) groups excluding carboxylic acids is 3. The van der Waals surface area contributed by atoms with Crippen molar-refractivity contribution in [2.45, 2.75) is 153 Å². The third-order valence-electron chi connectivity index (χ3n) is 20.7. The van der Waals surface area contributed by atoms with Crippen molar-refractivity contribution < 1.29 is 57.3 Å². The average molecular weight is 1380 g/mol. The summed E-state index contributed by atoms with van der Waals surface area (Å²) in [4.78, 5) is 90.3. The monoisotopic (exact) mass is 1380 g/mol. The first-order chi connectivity index (χ1) is 49.2. The van der Waals surface area contributed by atoms with E-state index in [4.69, 9.17) is 0 Å². The number of aliphatic carboxylic acids is 3. The summed E-state index contributed by atoms with van der Waals surface area (Å²) in [7, 11) is 0. The van der Waals surface area contributed by atoms with Gasteiger partial charge in [-0.3, -0.25) is 43.7 Å². The molecule has 0 unspecified atom stereocenters. The van der Waals surface area contributed by atoms with E-state index in [2.05, 4.69) is 35.9 Å². The number of halogens is 3. The highest BCUT2D eigenvalue weighted by atomic mass is 19.1. The molecule has 0 saturated heterocycles. The maximum absolute atomic E-state index is 14.1. The van der Waals surface area contributed by atoms with Crippen molar-refractivity contribution in [3.63, 3.8) is 0 Å². The number of hydrogen-bond acceptors (Lipinski definition) is 10. The minimum absolute atomic E-state index is 0.0152. The first kappa shape index (κ1) is 69.2. The molecule has 3 amide bonds. The highest BCUT2D eigenvalue weighted by Gasteiger charge is 2.33. The third-order valence-corrected chi connectivity index (χ3v) is 20.7. The minimum atomic E-state index is -0.931. The molecule has 0 radical (unpaired) electrons. The van der Waals surface area contributed by atoms with E-state index >= 15 is 0 Å². The average Bonchev–Trinajstić information content (AvgIpc) is 1.62. The van der Waals surface area contributed by atoms with Gasteiger partial charge in [-0.1, -0.05) is 42.5 Å². The van der Waals surface area contributed by atoms with Crippen LogP contribution in [0.3, 0.4) is 0 Å². The van der Waals surface area contributed by atoms with Gasteiger partial charge in [-0.2, -0.15) is 0 Å². The molecule has 15 rings (SSSR count). The Hall–Kier alpha value is -11.3. The highest BCUT2D eigenvalue weighted by Crippen LogP contribution is 2.44. The number of hydrogen-bond donors (Lipinski definition) is 6. The zero-order valence-electron chi connectivity index (χ0n) is 56.6. The van der Waals surface area contributed by atoms with Crippen LogP contribution in [0, 0.1) is 38.2 Å². The van der Waals surface area contributed by atoms with E-state index < -0.39 is 17.9 Å². The predicted octanol–water partition coefficient (Wildman–Crippen LogP) is 14.9. The van der Waals surface area contributed by atoms with Crippen molar-refractivity contribution in [2.24, 2.45) is 0 Å². The number of benzene rings is 6. The number of amides is 3. The van der Waals surface area contributed by atoms with E-state index in [0.717, 1.165) is 165 Å². The van der Waals surface area contributed by atoms with Gasteiger partial charge in [-0.15, -0.1) is 0 Å². The van der Waals surface area contributed by atoms with Crippen LogP contribution in [0.25, 0.3) is 65.5 Å². The molecule has 3 saturated carbocycles. The second kappa shape index (κ2) is 29.9. The summed E-state index contributed by atoms with van der Waals surface area (Å²) < 4.78 is 47.5. The predicted molar refractivity (Wildman–Crippen MR) is 383 cm³/mol. The Morgan fingerprint density at radius 1 is 0.422 bits per heavy atom. The van der Waals surface area contributed by atoms with Gasteiger partial charge < -0.3 is 45.0 Å². The Kier molecular flexibility index (Phi) is 20.3. The Morgan fingerprint density at radius 3 is 1.31 bits per heavy atom. The second-order valence-corrected chi connectivity index (χ2v) is 27.0. The molecule has 22 heteroatoms. The number of nitrogens with zero attached hydrogens (tertiary/aromatic N) is 7. The summed E-state index contributed by atoms with van der Waals surface area (Å²) in [6.07, 6.45) is 14.7. The van der Waals surface area contributed by atoms with Gasteiger partial charge in [0.15, 0.2) is 0 Å². The van der Waals surface area contributed by atoms with Crippen molar-refractivity contribution in [3.05, 3.63) is 226 Å². The van der Waals surface area contributed by atoms with Crippen LogP contribution in [0.15, 0.2) is 158 Å². The van der Waals surface area contributed by atoms with Crippen LogP contribution in [0.2, 0.25) is 0 Å². The van der Waals surface area contributed by atoms with Crippen LogP contribution in [0.4, 0.5) is 13.2 Å². The fourth-order valence-electron chi connectivity index (χ4n) is 15.9. The number of nitrogens with one attached hydrogen (secondary N) is 3. The van der Waals surface area contributed by atoms with Gasteiger partial charge >= 0.3 is 17.9 Å². The van der Waals surface area contributed by atoms with Gasteiger partial charge in [0.05, 0.1) is 33.8 Å². The zero-order valence-corrected chi connectivity index (χ0v) is 56.6. The fourth-order valence-corrected chi connectivity index (χ4v) is 15.9. The summed E-state index contributed by atoms with van der Waals surface area (Å²) in [5, 5.41) is 41.7. The standard InChI is InChI=1S/2C27H26FN3O3.C26H25FN4O3/c1-16-25(22-14-19(28)9-12-23(22)31(16)15-24(32)33)17-7-10-20(11-8-17)30-27(34)21-6-2-4-18-5-3-13-29-26(18)21;1-16-26(22-14-20(28)8-11-24(22)31(16)15-25(32)33)18-6-9-21(10-7-18)30-27(34)19-5-4-17-3-2-12-29-23(17)13-19;1-15-25(19-12-17(27)8-11-23(19)31(15)14-24(32)33)16-6-9-18(10-7-16)29-26(34)22-13-28-20-4-2-3-5-21(20)30-22/h2-6,9,12-14,17,20H,7-8,10-11,15H2,1H3,(H,30,34)(H,32,33);2-5,8,11-14,18,21H,6-7,9-10,15H2,1H3,(H,30,34)(H,32,33);2-5,8,11-13,16,18H,6-7,9-10,14H2,1H3,(H,29,34)(H,32,33). The largest absolute Gasteiger partial charge is 0.480 e. The van der Waals surface area contributed by atoms with Crippen molar-refractivity contribution in [1.82, 2.24) is 49.6 Å². The lowest BCUT2D eigenvalue weighted by molar-refractivity contribution is -0.138. The van der Waals surface area contributed by atoms with Crippen molar-refractivity contribution in [1.29, 1.82) is 0 Å². The number of para-hydroxylation sites is 3. The lowest BCUT2D eigenvalue weighted by Gasteiger charge is -2.30. The maximum Gasteiger partial charge on any atom is 0.323 e. The van der Waals surface area contributed by atoms with E-state index in [1.807, 2.05) is 99.6 Å². The van der Waals surface area contributed by atoms with Crippen LogP contribution in [-0.2, 0) is 34.0 Å². The van der Waals surface area contributed by atoms with E-state index in [1.165, 1.54) is 42.6 Å². The molecule has 102 heavy (non-hydrogen) atoms. The first-order valence-electron chi connectivity index (χ1n) is 34.6. The molecule has 6 aromatic carbocycles. The Labute approximate surface area is 584 Å². The summed E-state index contributed by atoms with van der Waals surface area (Å²) in [6.45, 7) is 5.27. The summed E-state index contributed by atoms with van der Waals surface area (Å²) in [5.41, 5.74) is 12.3. The number of rotatable bonds is 15. The number of carboxylic acid groups (broad SMARTS) is 3. The van der Waals surface area contributed by atoms with Crippen molar-refractivity contribution in [3.8, 4) is 0 Å².